The van der Waals surface area contributed by atoms with E-state index in [-0.39, 0.29) is 0 Å². The van der Waals surface area contributed by atoms with Crippen LogP contribution < -0.4 is 10.6 Å². The molecule has 2 N–H and O–H groups in total. The number of benzene rings is 1. The molecule has 0 fully saturated rings. The van der Waals surface area contributed by atoms with Crippen LogP contribution >= 0.6 is 0 Å². The van der Waals surface area contributed by atoms with Crippen molar-refractivity contribution in [2.45, 2.75) is 27.2 Å². The number of rotatable bonds is 4. The monoisotopic (exact) mass is 243 g/mol. The summed E-state index contributed by atoms with van der Waals surface area (Å²) in [7, 11) is 0. The quantitative estimate of drug-likeness (QED) is 0.838. The summed E-state index contributed by atoms with van der Waals surface area (Å²) in [6.45, 7) is 8.46. The molecule has 0 spiro atoms. The minimum atomic E-state index is 0.793. The fourth-order valence-corrected chi connectivity index (χ4v) is 2.29. The Bertz CT molecular complexity index is 545. The molecule has 0 radical (unpaired) electrons. The van der Waals surface area contributed by atoms with E-state index in [2.05, 4.69) is 31.7 Å². The summed E-state index contributed by atoms with van der Waals surface area (Å²) in [5, 5.41) is 1.13. The van der Waals surface area contributed by atoms with Gasteiger partial charge in [0.25, 0.3) is 0 Å². The van der Waals surface area contributed by atoms with Gasteiger partial charge < -0.3 is 10.6 Å². The van der Waals surface area contributed by atoms with E-state index >= 15 is 0 Å². The van der Waals surface area contributed by atoms with Gasteiger partial charge in [-0.15, -0.1) is 0 Å². The third-order valence-corrected chi connectivity index (χ3v) is 3.34. The van der Waals surface area contributed by atoms with Crippen LogP contribution in [0.25, 0.3) is 10.9 Å². The highest BCUT2D eigenvalue weighted by atomic mass is 15.2. The summed E-state index contributed by atoms with van der Waals surface area (Å²) in [5.41, 5.74) is 8.93. The molecule has 0 aliphatic carbocycles. The minimum absolute atomic E-state index is 0.793. The lowest BCUT2D eigenvalue weighted by Crippen LogP contribution is -2.24. The van der Waals surface area contributed by atoms with Crippen LogP contribution in [0, 0.1) is 0 Å². The first kappa shape index (κ1) is 12.7. The number of aryl methyl sites for hydroxylation is 1. The summed E-state index contributed by atoms with van der Waals surface area (Å²) >= 11 is 0. The molecule has 2 rings (SSSR count). The van der Waals surface area contributed by atoms with E-state index in [0.29, 0.717) is 0 Å². The van der Waals surface area contributed by atoms with E-state index < -0.39 is 0 Å². The summed E-state index contributed by atoms with van der Waals surface area (Å²) in [6, 6.07) is 8.12. The van der Waals surface area contributed by atoms with Gasteiger partial charge in [-0.2, -0.15) is 0 Å². The number of nitrogens with two attached hydrogens (primary N) is 1. The van der Waals surface area contributed by atoms with Gasteiger partial charge in [0.05, 0.1) is 5.52 Å². The van der Waals surface area contributed by atoms with E-state index in [1.807, 2.05) is 18.2 Å². The van der Waals surface area contributed by atoms with Gasteiger partial charge in [0.1, 0.15) is 5.82 Å². The number of nitrogen functional groups attached to an aromatic ring is 1. The van der Waals surface area contributed by atoms with Crippen LogP contribution in [0.15, 0.2) is 24.3 Å². The third-order valence-electron chi connectivity index (χ3n) is 3.34. The Balaban J connectivity index is 2.62. The molecule has 0 saturated carbocycles. The molecule has 0 aliphatic heterocycles. The zero-order chi connectivity index (χ0) is 13.1. The molecule has 0 aliphatic rings. The van der Waals surface area contributed by atoms with Crippen LogP contribution in [-0.4, -0.2) is 18.1 Å². The lowest BCUT2D eigenvalue weighted by molar-refractivity contribution is 0.838. The van der Waals surface area contributed by atoms with Crippen LogP contribution in [0.1, 0.15) is 26.3 Å². The molecule has 0 amide bonds. The van der Waals surface area contributed by atoms with Crippen LogP contribution in [-0.2, 0) is 6.42 Å². The van der Waals surface area contributed by atoms with Gasteiger partial charge in [-0.05, 0) is 50.1 Å². The lowest BCUT2D eigenvalue weighted by atomic mass is 10.1. The highest BCUT2D eigenvalue weighted by Crippen LogP contribution is 2.25. The van der Waals surface area contributed by atoms with E-state index in [0.717, 1.165) is 41.9 Å². The van der Waals surface area contributed by atoms with E-state index in [4.69, 9.17) is 10.7 Å². The average molecular weight is 243 g/mol. The van der Waals surface area contributed by atoms with Gasteiger partial charge in [0.15, 0.2) is 0 Å². The highest BCUT2D eigenvalue weighted by Gasteiger charge is 2.10. The number of anilines is 2. The Morgan fingerprint density at radius 1 is 1.11 bits per heavy atom. The molecule has 96 valence electrons. The zero-order valence-electron chi connectivity index (χ0n) is 11.4. The fraction of sp³-hybridized carbons (Fsp3) is 0.400. The SMILES string of the molecule is CCc1cc2cc(N)ccc2nc1N(CC)CC. The largest absolute Gasteiger partial charge is 0.399 e. The van der Waals surface area contributed by atoms with Crippen molar-refractivity contribution in [1.82, 2.24) is 4.98 Å². The third kappa shape index (κ3) is 2.26. The number of hydrogen-bond acceptors (Lipinski definition) is 3. The second kappa shape index (κ2) is 5.25. The maximum Gasteiger partial charge on any atom is 0.132 e. The molecule has 0 atom stereocenters. The Hall–Kier alpha value is -1.77. The van der Waals surface area contributed by atoms with Gasteiger partial charge in [-0.3, -0.25) is 0 Å². The molecule has 2 aromatic rings. The maximum atomic E-state index is 5.83. The first-order valence-electron chi connectivity index (χ1n) is 6.63. The number of aromatic nitrogens is 1. The first-order chi connectivity index (χ1) is 8.69. The van der Waals surface area contributed by atoms with Crippen molar-refractivity contribution in [3.8, 4) is 0 Å². The smallest absolute Gasteiger partial charge is 0.132 e. The zero-order valence-corrected chi connectivity index (χ0v) is 11.4. The minimum Gasteiger partial charge on any atom is -0.399 e. The molecule has 1 aromatic carbocycles. The molecule has 0 bridgehead atoms. The Labute approximate surface area is 109 Å². The number of fused-ring (bicyclic) bond motifs is 1. The number of nitrogens with zero attached hydrogens (tertiary/aromatic N) is 2. The van der Waals surface area contributed by atoms with Gasteiger partial charge in [0.2, 0.25) is 0 Å². The number of hydrogen-bond donors (Lipinski definition) is 1. The van der Waals surface area contributed by atoms with E-state index in [9.17, 15) is 0 Å². The molecular formula is C15H21N3. The summed E-state index contributed by atoms with van der Waals surface area (Å²) in [4.78, 5) is 7.10. The second-order valence-electron chi connectivity index (χ2n) is 4.45. The molecule has 3 nitrogen and oxygen atoms in total. The topological polar surface area (TPSA) is 42.1 Å². The van der Waals surface area contributed by atoms with Crippen molar-refractivity contribution in [2.24, 2.45) is 0 Å². The fourth-order valence-electron chi connectivity index (χ4n) is 2.29. The van der Waals surface area contributed by atoms with Crippen LogP contribution in [0.3, 0.4) is 0 Å². The molecule has 1 heterocycles. The predicted octanol–water partition coefficient (Wildman–Crippen LogP) is 3.23. The molecule has 1 aromatic heterocycles. The van der Waals surface area contributed by atoms with E-state index in [1.165, 1.54) is 5.56 Å². The van der Waals surface area contributed by atoms with Crippen LogP contribution in [0.2, 0.25) is 0 Å². The first-order valence-corrected chi connectivity index (χ1v) is 6.63. The average Bonchev–Trinajstić information content (AvgIpc) is 2.39. The van der Waals surface area contributed by atoms with Crippen molar-refractivity contribution < 1.29 is 0 Å². The van der Waals surface area contributed by atoms with Gasteiger partial charge in [-0.1, -0.05) is 6.92 Å². The molecule has 0 saturated heterocycles. The highest BCUT2D eigenvalue weighted by molar-refractivity contribution is 5.84. The molecular weight excluding hydrogens is 222 g/mol. The van der Waals surface area contributed by atoms with E-state index in [1.54, 1.807) is 0 Å². The van der Waals surface area contributed by atoms with Crippen molar-refractivity contribution >= 4 is 22.4 Å². The van der Waals surface area contributed by atoms with Crippen molar-refractivity contribution in [3.05, 3.63) is 29.8 Å². The lowest BCUT2D eigenvalue weighted by Gasteiger charge is -2.23. The summed E-state index contributed by atoms with van der Waals surface area (Å²) in [5.74, 6) is 1.11. The summed E-state index contributed by atoms with van der Waals surface area (Å²) < 4.78 is 0. The maximum absolute atomic E-state index is 5.83. The van der Waals surface area contributed by atoms with Gasteiger partial charge in [0, 0.05) is 24.2 Å². The predicted molar refractivity (Wildman–Crippen MR) is 79.1 cm³/mol. The molecule has 18 heavy (non-hydrogen) atoms. The van der Waals surface area contributed by atoms with Gasteiger partial charge in [-0.25, -0.2) is 4.98 Å². The van der Waals surface area contributed by atoms with Crippen LogP contribution in [0.5, 0.6) is 0 Å². The summed E-state index contributed by atoms with van der Waals surface area (Å²) in [6.07, 6.45) is 0.990. The Morgan fingerprint density at radius 3 is 2.44 bits per heavy atom. The number of pyridine rings is 1. The molecule has 3 heteroatoms. The second-order valence-corrected chi connectivity index (χ2v) is 4.45. The van der Waals surface area contributed by atoms with Crippen molar-refractivity contribution in [2.75, 3.05) is 23.7 Å². The van der Waals surface area contributed by atoms with Gasteiger partial charge >= 0.3 is 0 Å². The Morgan fingerprint density at radius 2 is 1.83 bits per heavy atom. The van der Waals surface area contributed by atoms with Crippen molar-refractivity contribution in [3.63, 3.8) is 0 Å². The molecule has 0 unspecified atom stereocenters. The standard InChI is InChI=1S/C15H21N3/c1-4-11-9-12-10-13(16)7-8-14(12)17-15(11)18(5-2)6-3/h7-10H,4-6,16H2,1-3H3. The van der Waals surface area contributed by atoms with Crippen molar-refractivity contribution in [1.29, 1.82) is 0 Å². The van der Waals surface area contributed by atoms with Crippen LogP contribution in [0.4, 0.5) is 11.5 Å². The Kier molecular flexibility index (Phi) is 3.70. The normalized spacial score (nSPS) is 10.8.